The summed E-state index contributed by atoms with van der Waals surface area (Å²) in [6.45, 7) is 0. The van der Waals surface area contributed by atoms with Crippen LogP contribution in [0.15, 0.2) is 41.2 Å². The van der Waals surface area contributed by atoms with E-state index in [2.05, 4.69) is 5.10 Å². The minimum absolute atomic E-state index is 0. The van der Waals surface area contributed by atoms with Crippen molar-refractivity contribution < 1.29 is 17.9 Å². The topological polar surface area (TPSA) is 90.7 Å². The van der Waals surface area contributed by atoms with Crippen molar-refractivity contribution in [1.29, 1.82) is 0 Å². The number of aromatic nitrogens is 2. The number of benzene rings is 2. The van der Waals surface area contributed by atoms with Gasteiger partial charge in [-0.1, -0.05) is 12.1 Å². The Balaban J connectivity index is 0.00000300. The van der Waals surface area contributed by atoms with Gasteiger partial charge < -0.3 is 9.47 Å². The van der Waals surface area contributed by atoms with Crippen LogP contribution >= 0.6 is 12.4 Å². The molecule has 0 saturated heterocycles. The highest BCUT2D eigenvalue weighted by Crippen LogP contribution is 2.32. The fourth-order valence-electron chi connectivity index (χ4n) is 3.00. The summed E-state index contributed by atoms with van der Waals surface area (Å²) in [6, 6.07) is 10.5. The van der Waals surface area contributed by atoms with Crippen molar-refractivity contribution in [1.82, 2.24) is 9.78 Å². The normalized spacial score (nSPS) is 10.7. The molecule has 0 atom stereocenters. The molecule has 3 rings (SSSR count). The predicted octanol–water partition coefficient (Wildman–Crippen LogP) is 1.93. The van der Waals surface area contributed by atoms with Gasteiger partial charge in [-0.15, -0.1) is 12.4 Å². The van der Waals surface area contributed by atoms with Gasteiger partial charge in [0.15, 0.2) is 11.5 Å². The molecule has 156 valence electrons. The zero-order chi connectivity index (χ0) is 20.4. The maximum absolute atomic E-state index is 12.5. The monoisotopic (exact) mass is 439 g/mol. The number of hydrogen-bond donors (Lipinski definition) is 1. The van der Waals surface area contributed by atoms with Gasteiger partial charge in [-0.05, 0) is 29.8 Å². The second-order valence-electron chi connectivity index (χ2n) is 6.23. The standard InChI is InChI=1S/C19H21N3O5S.ClH/c1-21-19(23)15-11-18(27-4)17(26-3)10-14(15)16(20-21)9-12-5-7-13(8-6-12)22(2)28(24)25;/h5-8,10-11,28H,9H2,1-4H3;1H. The maximum Gasteiger partial charge on any atom is 0.274 e. The first kappa shape index (κ1) is 22.5. The minimum atomic E-state index is -2.68. The lowest BCUT2D eigenvalue weighted by molar-refractivity contribution is 0.355. The summed E-state index contributed by atoms with van der Waals surface area (Å²) in [6.07, 6.45) is 0.466. The number of ether oxygens (including phenoxy) is 2. The molecular weight excluding hydrogens is 418 g/mol. The number of thiol groups is 1. The van der Waals surface area contributed by atoms with Crippen LogP contribution in [0.5, 0.6) is 11.5 Å². The average Bonchev–Trinajstić information content (AvgIpc) is 2.70. The van der Waals surface area contributed by atoms with Crippen LogP contribution in [-0.2, 0) is 24.4 Å². The molecule has 8 nitrogen and oxygen atoms in total. The van der Waals surface area contributed by atoms with Gasteiger partial charge >= 0.3 is 0 Å². The Hall–Kier alpha value is -2.78. The van der Waals surface area contributed by atoms with E-state index in [1.807, 2.05) is 12.1 Å². The van der Waals surface area contributed by atoms with Gasteiger partial charge in [0, 0.05) is 25.9 Å². The van der Waals surface area contributed by atoms with Gasteiger partial charge in [0.1, 0.15) is 0 Å². The second kappa shape index (κ2) is 9.15. The van der Waals surface area contributed by atoms with Gasteiger partial charge in [-0.3, -0.25) is 9.10 Å². The lowest BCUT2D eigenvalue weighted by Crippen LogP contribution is -2.21. The zero-order valence-corrected chi connectivity index (χ0v) is 18.1. The summed E-state index contributed by atoms with van der Waals surface area (Å²) in [5.74, 6) is 0.992. The van der Waals surface area contributed by atoms with Gasteiger partial charge in [0.25, 0.3) is 5.56 Å². The van der Waals surface area contributed by atoms with Crippen LogP contribution < -0.4 is 19.3 Å². The summed E-state index contributed by atoms with van der Waals surface area (Å²) in [7, 11) is 3.46. The van der Waals surface area contributed by atoms with Gasteiger partial charge in [-0.25, -0.2) is 13.1 Å². The van der Waals surface area contributed by atoms with E-state index in [9.17, 15) is 13.2 Å². The van der Waals surface area contributed by atoms with Crippen LogP contribution in [0.1, 0.15) is 11.3 Å². The number of halogens is 1. The number of hydrogen-bond acceptors (Lipinski definition) is 6. The van der Waals surface area contributed by atoms with Crippen molar-refractivity contribution in [2.75, 3.05) is 25.6 Å². The summed E-state index contributed by atoms with van der Waals surface area (Å²) in [5.41, 5.74) is 1.98. The summed E-state index contributed by atoms with van der Waals surface area (Å²) in [5, 5.41) is 5.59. The fraction of sp³-hybridized carbons (Fsp3) is 0.263. The minimum Gasteiger partial charge on any atom is -0.493 e. The van der Waals surface area contributed by atoms with E-state index in [0.29, 0.717) is 40.1 Å². The predicted molar refractivity (Wildman–Crippen MR) is 115 cm³/mol. The number of fused-ring (bicyclic) bond motifs is 1. The Kier molecular flexibility index (Phi) is 7.10. The molecule has 2 aromatic carbocycles. The van der Waals surface area contributed by atoms with Crippen LogP contribution in [0.4, 0.5) is 5.69 Å². The highest BCUT2D eigenvalue weighted by Gasteiger charge is 2.15. The van der Waals surface area contributed by atoms with Crippen LogP contribution in [0.2, 0.25) is 0 Å². The average molecular weight is 440 g/mol. The second-order valence-corrected chi connectivity index (χ2v) is 7.31. The van der Waals surface area contributed by atoms with E-state index in [1.54, 1.807) is 31.3 Å². The molecule has 0 unspecified atom stereocenters. The zero-order valence-electron chi connectivity index (χ0n) is 16.4. The van der Waals surface area contributed by atoms with Crippen LogP contribution in [0.25, 0.3) is 10.8 Å². The molecule has 0 bridgehead atoms. The smallest absolute Gasteiger partial charge is 0.274 e. The first-order valence-electron chi connectivity index (χ1n) is 8.44. The van der Waals surface area contributed by atoms with E-state index >= 15 is 0 Å². The van der Waals surface area contributed by atoms with Crippen LogP contribution in [0.3, 0.4) is 0 Å². The van der Waals surface area contributed by atoms with Gasteiger partial charge in [0.05, 0.1) is 31.0 Å². The molecular formula is C19H22ClN3O5S. The van der Waals surface area contributed by atoms with E-state index in [4.69, 9.17) is 9.47 Å². The van der Waals surface area contributed by atoms with Crippen molar-refractivity contribution in [3.63, 3.8) is 0 Å². The Morgan fingerprint density at radius 1 is 1.03 bits per heavy atom. The molecule has 1 aromatic heterocycles. The Morgan fingerprint density at radius 3 is 2.10 bits per heavy atom. The first-order valence-corrected chi connectivity index (χ1v) is 9.57. The van der Waals surface area contributed by atoms with E-state index in [0.717, 1.165) is 5.56 Å². The number of anilines is 1. The highest BCUT2D eigenvalue weighted by molar-refractivity contribution is 7.74. The van der Waals surface area contributed by atoms with E-state index in [-0.39, 0.29) is 18.0 Å². The van der Waals surface area contributed by atoms with Crippen molar-refractivity contribution >= 4 is 39.8 Å². The highest BCUT2D eigenvalue weighted by atomic mass is 35.5. The number of rotatable bonds is 6. The Labute approximate surface area is 176 Å². The molecule has 0 N–H and O–H groups in total. The molecule has 10 heteroatoms. The van der Waals surface area contributed by atoms with Gasteiger partial charge in [-0.2, -0.15) is 5.10 Å². The molecule has 0 aliphatic rings. The molecule has 0 spiro atoms. The molecule has 1 heterocycles. The molecule has 0 radical (unpaired) electrons. The van der Waals surface area contributed by atoms with Crippen molar-refractivity contribution in [2.24, 2.45) is 7.05 Å². The Morgan fingerprint density at radius 2 is 1.59 bits per heavy atom. The lowest BCUT2D eigenvalue weighted by Gasteiger charge is -2.14. The van der Waals surface area contributed by atoms with E-state index < -0.39 is 10.9 Å². The van der Waals surface area contributed by atoms with Crippen molar-refractivity contribution in [3.05, 3.63) is 58.0 Å². The Bertz CT molecular complexity index is 1150. The molecule has 0 amide bonds. The lowest BCUT2D eigenvalue weighted by atomic mass is 10.0. The summed E-state index contributed by atoms with van der Waals surface area (Å²) >= 11 is 0. The molecule has 3 aromatic rings. The SMILES string of the molecule is COc1cc2c(Cc3ccc(N(C)[SH](=O)=O)cc3)nn(C)c(=O)c2cc1OC.Cl. The fourth-order valence-corrected chi connectivity index (χ4v) is 3.32. The molecule has 0 fully saturated rings. The third-order valence-electron chi connectivity index (χ3n) is 4.56. The van der Waals surface area contributed by atoms with Gasteiger partial charge in [0.2, 0.25) is 10.9 Å². The molecule has 0 aliphatic carbocycles. The quantitative estimate of drug-likeness (QED) is 0.590. The van der Waals surface area contributed by atoms with Crippen LogP contribution in [0, 0.1) is 0 Å². The number of nitrogens with zero attached hydrogens (tertiary/aromatic N) is 3. The summed E-state index contributed by atoms with van der Waals surface area (Å²) < 4.78 is 35.3. The van der Waals surface area contributed by atoms with Crippen molar-refractivity contribution in [3.8, 4) is 11.5 Å². The third-order valence-corrected chi connectivity index (χ3v) is 5.28. The number of aryl methyl sites for hydroxylation is 1. The molecule has 29 heavy (non-hydrogen) atoms. The third kappa shape index (κ3) is 4.46. The maximum atomic E-state index is 12.5. The van der Waals surface area contributed by atoms with E-state index in [1.165, 1.54) is 30.3 Å². The summed E-state index contributed by atoms with van der Waals surface area (Å²) in [4.78, 5) is 12.5. The van der Waals surface area contributed by atoms with Crippen LogP contribution in [-0.4, -0.2) is 39.5 Å². The first-order chi connectivity index (χ1) is 13.3. The largest absolute Gasteiger partial charge is 0.493 e. The number of methoxy groups -OCH3 is 2. The van der Waals surface area contributed by atoms with Crippen molar-refractivity contribution in [2.45, 2.75) is 6.42 Å². The molecule has 0 aliphatic heterocycles. The molecule has 0 saturated carbocycles.